The molecule has 0 radical (unpaired) electrons. The zero-order valence-corrected chi connectivity index (χ0v) is 9.84. The van der Waals surface area contributed by atoms with Crippen LogP contribution in [-0.2, 0) is 19.2 Å². The zero-order chi connectivity index (χ0) is 13.3. The van der Waals surface area contributed by atoms with Gasteiger partial charge >= 0.3 is 5.97 Å². The molecule has 0 aromatic heterocycles. The summed E-state index contributed by atoms with van der Waals surface area (Å²) in [5.41, 5.74) is 0.871. The Hall–Kier alpha value is -2.50. The smallest absolute Gasteiger partial charge is 0.318 e. The predicted molar refractivity (Wildman–Crippen MR) is 62.9 cm³/mol. The predicted octanol–water partition coefficient (Wildman–Crippen LogP) is 0.847. The minimum atomic E-state index is -0.631. The van der Waals surface area contributed by atoms with Crippen LogP contribution in [0, 0.1) is 0 Å². The topological polar surface area (TPSA) is 76.0 Å². The van der Waals surface area contributed by atoms with Gasteiger partial charge in [0.2, 0.25) is 5.91 Å². The van der Waals surface area contributed by atoms with E-state index in [1.54, 1.807) is 24.3 Å². The Kier molecular flexibility index (Phi) is 2.93. The fraction of sp³-hybridized carbons (Fsp3) is 0.167. The van der Waals surface area contributed by atoms with Crippen molar-refractivity contribution in [2.45, 2.75) is 13.8 Å². The first-order valence-corrected chi connectivity index (χ1v) is 5.22. The summed E-state index contributed by atoms with van der Waals surface area (Å²) < 4.78 is 0. The molecule has 1 aromatic carbocycles. The fourth-order valence-corrected chi connectivity index (χ4v) is 1.71. The number of nitrogens with zero attached hydrogens (tertiary/aromatic N) is 2. The van der Waals surface area contributed by atoms with Crippen LogP contribution in [0.25, 0.3) is 0 Å². The maximum Gasteiger partial charge on any atom is 0.332 e. The van der Waals surface area contributed by atoms with E-state index in [-0.39, 0.29) is 5.71 Å². The van der Waals surface area contributed by atoms with Crippen LogP contribution >= 0.6 is 0 Å². The number of carbonyl (C=O) groups is 3. The summed E-state index contributed by atoms with van der Waals surface area (Å²) in [4.78, 5) is 39.6. The summed E-state index contributed by atoms with van der Waals surface area (Å²) in [6.07, 6.45) is 0. The highest BCUT2D eigenvalue weighted by molar-refractivity contribution is 6.57. The molecule has 1 heterocycles. The summed E-state index contributed by atoms with van der Waals surface area (Å²) in [5.74, 6) is -1.64. The van der Waals surface area contributed by atoms with E-state index in [0.717, 1.165) is 4.90 Å². The third-order valence-corrected chi connectivity index (χ3v) is 2.39. The molecule has 0 N–H and O–H groups in total. The molecular weight excluding hydrogens is 236 g/mol. The molecule has 6 heteroatoms. The highest BCUT2D eigenvalue weighted by Crippen LogP contribution is 2.29. The Bertz CT molecular complexity index is 577. The van der Waals surface area contributed by atoms with Crippen molar-refractivity contribution >= 4 is 29.2 Å². The van der Waals surface area contributed by atoms with Crippen molar-refractivity contribution in [2.24, 2.45) is 5.16 Å². The SMILES string of the molecule is CC(=O)O/N=C1/C(=O)N(C(C)=O)c2ccccc21. The molecule has 0 bridgehead atoms. The third-order valence-electron chi connectivity index (χ3n) is 2.39. The van der Waals surface area contributed by atoms with Crippen molar-refractivity contribution < 1.29 is 19.2 Å². The van der Waals surface area contributed by atoms with Crippen molar-refractivity contribution in [3.05, 3.63) is 29.8 Å². The lowest BCUT2D eigenvalue weighted by atomic mass is 10.1. The van der Waals surface area contributed by atoms with Crippen LogP contribution in [-0.4, -0.2) is 23.5 Å². The Morgan fingerprint density at radius 2 is 1.89 bits per heavy atom. The Morgan fingerprint density at radius 3 is 2.50 bits per heavy atom. The van der Waals surface area contributed by atoms with Crippen molar-refractivity contribution in [3.8, 4) is 0 Å². The number of benzene rings is 1. The van der Waals surface area contributed by atoms with Crippen LogP contribution in [0.2, 0.25) is 0 Å². The number of hydrogen-bond acceptors (Lipinski definition) is 5. The molecule has 0 aliphatic carbocycles. The van der Waals surface area contributed by atoms with Crippen LogP contribution in [0.3, 0.4) is 0 Å². The first kappa shape index (κ1) is 12.0. The maximum absolute atomic E-state index is 12.0. The van der Waals surface area contributed by atoms with Gasteiger partial charge in [0, 0.05) is 19.4 Å². The van der Waals surface area contributed by atoms with E-state index in [2.05, 4.69) is 9.99 Å². The van der Waals surface area contributed by atoms with E-state index < -0.39 is 17.8 Å². The summed E-state index contributed by atoms with van der Waals surface area (Å²) in [7, 11) is 0. The second-order valence-electron chi connectivity index (χ2n) is 3.70. The molecule has 92 valence electrons. The van der Waals surface area contributed by atoms with Gasteiger partial charge in [-0.25, -0.2) is 9.69 Å². The fourth-order valence-electron chi connectivity index (χ4n) is 1.71. The minimum absolute atomic E-state index is 0.0454. The lowest BCUT2D eigenvalue weighted by molar-refractivity contribution is -0.140. The molecule has 18 heavy (non-hydrogen) atoms. The van der Waals surface area contributed by atoms with Crippen molar-refractivity contribution in [3.63, 3.8) is 0 Å². The molecule has 6 nitrogen and oxygen atoms in total. The Balaban J connectivity index is 2.52. The van der Waals surface area contributed by atoms with Crippen LogP contribution in [0.5, 0.6) is 0 Å². The summed E-state index contributed by atoms with van der Waals surface area (Å²) in [5, 5.41) is 3.50. The zero-order valence-electron chi connectivity index (χ0n) is 9.84. The van der Waals surface area contributed by atoms with Crippen molar-refractivity contribution in [2.75, 3.05) is 4.90 Å². The van der Waals surface area contributed by atoms with Gasteiger partial charge in [-0.2, -0.15) is 0 Å². The van der Waals surface area contributed by atoms with E-state index in [1.807, 2.05) is 0 Å². The monoisotopic (exact) mass is 246 g/mol. The number of carbonyl (C=O) groups excluding carboxylic acids is 3. The maximum atomic E-state index is 12.0. The molecule has 0 saturated carbocycles. The number of anilines is 1. The minimum Gasteiger partial charge on any atom is -0.318 e. The number of rotatable bonds is 1. The molecular formula is C12H10N2O4. The normalized spacial score (nSPS) is 15.8. The molecule has 0 spiro atoms. The molecule has 1 aliphatic heterocycles. The van der Waals surface area contributed by atoms with E-state index in [4.69, 9.17) is 0 Å². The molecule has 1 aromatic rings. The average molecular weight is 246 g/mol. The van der Waals surface area contributed by atoms with Crippen LogP contribution in [0.4, 0.5) is 5.69 Å². The number of imide groups is 1. The van der Waals surface area contributed by atoms with Gasteiger partial charge in [0.15, 0.2) is 5.71 Å². The molecule has 0 atom stereocenters. The highest BCUT2D eigenvalue weighted by Gasteiger charge is 2.36. The number of oxime groups is 1. The van der Waals surface area contributed by atoms with Gasteiger partial charge in [-0.1, -0.05) is 23.4 Å². The van der Waals surface area contributed by atoms with Gasteiger partial charge in [0.1, 0.15) is 0 Å². The molecule has 2 amide bonds. The molecule has 0 fully saturated rings. The van der Waals surface area contributed by atoms with E-state index >= 15 is 0 Å². The van der Waals surface area contributed by atoms with E-state index in [1.165, 1.54) is 13.8 Å². The number of fused-ring (bicyclic) bond motifs is 1. The second-order valence-corrected chi connectivity index (χ2v) is 3.70. The number of hydrogen-bond donors (Lipinski definition) is 0. The van der Waals surface area contributed by atoms with Gasteiger partial charge in [0.25, 0.3) is 5.91 Å². The standard InChI is InChI=1S/C12H10N2O4/c1-7(15)14-10-6-4-3-5-9(10)11(12(14)17)13-18-8(2)16/h3-6H,1-2H3/b13-11+. The molecule has 0 unspecified atom stereocenters. The van der Waals surface area contributed by atoms with Gasteiger partial charge in [-0.05, 0) is 6.07 Å². The van der Waals surface area contributed by atoms with Crippen LogP contribution < -0.4 is 4.90 Å². The third kappa shape index (κ3) is 1.88. The quantitative estimate of drug-likeness (QED) is 0.543. The molecule has 1 aliphatic rings. The Morgan fingerprint density at radius 1 is 1.22 bits per heavy atom. The largest absolute Gasteiger partial charge is 0.332 e. The average Bonchev–Trinajstić information content (AvgIpc) is 2.58. The number of amides is 2. The van der Waals surface area contributed by atoms with Crippen molar-refractivity contribution in [1.82, 2.24) is 0 Å². The van der Waals surface area contributed by atoms with E-state index in [0.29, 0.717) is 11.3 Å². The van der Waals surface area contributed by atoms with Gasteiger partial charge in [0.05, 0.1) is 5.69 Å². The summed E-state index contributed by atoms with van der Waals surface area (Å²) in [6.45, 7) is 2.46. The van der Waals surface area contributed by atoms with Crippen LogP contribution in [0.1, 0.15) is 19.4 Å². The van der Waals surface area contributed by atoms with E-state index in [9.17, 15) is 14.4 Å². The van der Waals surface area contributed by atoms with Crippen LogP contribution in [0.15, 0.2) is 29.4 Å². The number of para-hydroxylation sites is 1. The summed E-state index contributed by atoms with van der Waals surface area (Å²) in [6, 6.07) is 6.68. The van der Waals surface area contributed by atoms with Gasteiger partial charge in [-0.15, -0.1) is 0 Å². The van der Waals surface area contributed by atoms with Crippen molar-refractivity contribution in [1.29, 1.82) is 0 Å². The first-order valence-electron chi connectivity index (χ1n) is 5.22. The summed E-state index contributed by atoms with van der Waals surface area (Å²) >= 11 is 0. The first-order chi connectivity index (χ1) is 8.52. The molecule has 0 saturated heterocycles. The highest BCUT2D eigenvalue weighted by atomic mass is 16.7. The molecule has 2 rings (SSSR count). The Labute approximate surface area is 103 Å². The lowest BCUT2D eigenvalue weighted by Gasteiger charge is -2.10. The lowest BCUT2D eigenvalue weighted by Crippen LogP contribution is -2.34. The van der Waals surface area contributed by atoms with Gasteiger partial charge in [-0.3, -0.25) is 9.59 Å². The second kappa shape index (κ2) is 4.40. The van der Waals surface area contributed by atoms with Gasteiger partial charge < -0.3 is 4.84 Å².